The number of nitrogens with zero attached hydrogens (tertiary/aromatic N) is 1. The van der Waals surface area contributed by atoms with Crippen molar-refractivity contribution in [3.63, 3.8) is 0 Å². The summed E-state index contributed by atoms with van der Waals surface area (Å²) in [5.74, 6) is -0.376. The highest BCUT2D eigenvalue weighted by atomic mass is 16.6. The predicted octanol–water partition coefficient (Wildman–Crippen LogP) is 2.82. The van der Waals surface area contributed by atoms with Crippen molar-refractivity contribution in [1.82, 2.24) is 5.32 Å². The van der Waals surface area contributed by atoms with E-state index in [-0.39, 0.29) is 23.2 Å². The van der Waals surface area contributed by atoms with Crippen LogP contribution in [0.15, 0.2) is 18.2 Å². The Morgan fingerprint density at radius 1 is 1.39 bits per heavy atom. The molecule has 1 rings (SSSR count). The molecule has 0 saturated heterocycles. The van der Waals surface area contributed by atoms with Crippen LogP contribution in [0, 0.1) is 17.0 Å². The molecule has 1 aromatic carbocycles. The molecule has 0 fully saturated rings. The molecule has 98 valence electrons. The van der Waals surface area contributed by atoms with Gasteiger partial charge >= 0.3 is 0 Å². The average Bonchev–Trinajstić information content (AvgIpc) is 2.34. The lowest BCUT2D eigenvalue weighted by Crippen LogP contribution is -2.34. The van der Waals surface area contributed by atoms with Gasteiger partial charge in [0.15, 0.2) is 0 Å². The zero-order chi connectivity index (χ0) is 13.7. The first-order valence-corrected chi connectivity index (χ1v) is 6.06. The fourth-order valence-electron chi connectivity index (χ4n) is 1.84. The fraction of sp³-hybridized carbons (Fsp3) is 0.462. The van der Waals surface area contributed by atoms with Gasteiger partial charge in [-0.05, 0) is 25.8 Å². The second kappa shape index (κ2) is 6.14. The number of benzene rings is 1. The van der Waals surface area contributed by atoms with E-state index in [0.29, 0.717) is 5.56 Å². The monoisotopic (exact) mass is 250 g/mol. The van der Waals surface area contributed by atoms with Crippen molar-refractivity contribution in [2.75, 3.05) is 0 Å². The number of para-hydroxylation sites is 1. The van der Waals surface area contributed by atoms with Crippen molar-refractivity contribution in [2.45, 2.75) is 39.7 Å². The zero-order valence-corrected chi connectivity index (χ0v) is 10.9. The van der Waals surface area contributed by atoms with Gasteiger partial charge in [-0.15, -0.1) is 0 Å². The van der Waals surface area contributed by atoms with Crippen LogP contribution >= 0.6 is 0 Å². The topological polar surface area (TPSA) is 72.2 Å². The van der Waals surface area contributed by atoms with Gasteiger partial charge in [0, 0.05) is 11.6 Å². The molecule has 0 aliphatic heterocycles. The van der Waals surface area contributed by atoms with Crippen molar-refractivity contribution in [1.29, 1.82) is 0 Å². The quantitative estimate of drug-likeness (QED) is 0.645. The molecule has 0 saturated carbocycles. The molecule has 1 aromatic rings. The summed E-state index contributed by atoms with van der Waals surface area (Å²) in [6, 6.07) is 4.83. The summed E-state index contributed by atoms with van der Waals surface area (Å²) in [6.45, 7) is 5.57. The molecule has 1 N–H and O–H groups in total. The van der Waals surface area contributed by atoms with E-state index < -0.39 is 4.92 Å². The Balaban J connectivity index is 3.06. The van der Waals surface area contributed by atoms with E-state index in [1.165, 1.54) is 6.07 Å². The predicted molar refractivity (Wildman–Crippen MR) is 69.7 cm³/mol. The maximum absolute atomic E-state index is 12.0. The fourth-order valence-corrected chi connectivity index (χ4v) is 1.84. The molecule has 0 aliphatic rings. The number of nitro benzene ring substituents is 1. The number of hydrogen-bond donors (Lipinski definition) is 1. The van der Waals surface area contributed by atoms with E-state index >= 15 is 0 Å². The summed E-state index contributed by atoms with van der Waals surface area (Å²) in [5.41, 5.74) is 0.519. The summed E-state index contributed by atoms with van der Waals surface area (Å²) in [5, 5.41) is 13.8. The molecule has 5 heteroatoms. The number of hydrogen-bond acceptors (Lipinski definition) is 3. The number of nitrogens with one attached hydrogen (secondary N) is 1. The third-order valence-electron chi connectivity index (χ3n) is 2.99. The van der Waals surface area contributed by atoms with Crippen molar-refractivity contribution in [2.24, 2.45) is 0 Å². The zero-order valence-electron chi connectivity index (χ0n) is 10.9. The molecule has 0 radical (unpaired) electrons. The summed E-state index contributed by atoms with van der Waals surface area (Å²) in [4.78, 5) is 22.5. The van der Waals surface area contributed by atoms with Crippen LogP contribution in [0.2, 0.25) is 0 Å². The maximum Gasteiger partial charge on any atom is 0.285 e. The normalized spacial score (nSPS) is 10.4. The van der Waals surface area contributed by atoms with Crippen LogP contribution in [0.4, 0.5) is 5.69 Å². The van der Waals surface area contributed by atoms with E-state index in [1.54, 1.807) is 19.1 Å². The van der Waals surface area contributed by atoms with Gasteiger partial charge in [0.1, 0.15) is 5.56 Å². The van der Waals surface area contributed by atoms with E-state index in [0.717, 1.165) is 12.8 Å². The largest absolute Gasteiger partial charge is 0.349 e. The van der Waals surface area contributed by atoms with Crippen LogP contribution in [-0.4, -0.2) is 16.9 Å². The molecule has 18 heavy (non-hydrogen) atoms. The second-order valence-electron chi connectivity index (χ2n) is 4.22. The molecular weight excluding hydrogens is 232 g/mol. The number of carbonyl (C=O) groups excluding carboxylic acids is 1. The third kappa shape index (κ3) is 3.06. The molecule has 5 nitrogen and oxygen atoms in total. The molecule has 0 unspecified atom stereocenters. The van der Waals surface area contributed by atoms with Crippen molar-refractivity contribution < 1.29 is 9.72 Å². The number of amides is 1. The van der Waals surface area contributed by atoms with E-state index in [4.69, 9.17) is 0 Å². The van der Waals surface area contributed by atoms with Crippen LogP contribution < -0.4 is 5.32 Å². The van der Waals surface area contributed by atoms with Gasteiger partial charge in [0.05, 0.1) is 4.92 Å². The van der Waals surface area contributed by atoms with Crippen LogP contribution in [0.1, 0.15) is 42.6 Å². The highest BCUT2D eigenvalue weighted by Gasteiger charge is 2.23. The summed E-state index contributed by atoms with van der Waals surface area (Å²) >= 11 is 0. The standard InChI is InChI=1S/C13H18N2O3/c1-4-10(5-2)14-13(16)11-8-6-7-9(3)12(11)15(17)18/h6-8,10H,4-5H2,1-3H3,(H,14,16). The summed E-state index contributed by atoms with van der Waals surface area (Å²) in [7, 11) is 0. The Bertz CT molecular complexity index is 454. The maximum atomic E-state index is 12.0. The molecular formula is C13H18N2O3. The molecule has 0 aromatic heterocycles. The van der Waals surface area contributed by atoms with E-state index in [1.807, 2.05) is 13.8 Å². The number of rotatable bonds is 5. The SMILES string of the molecule is CCC(CC)NC(=O)c1cccc(C)c1[N+](=O)[O-]. The van der Waals surface area contributed by atoms with E-state index in [9.17, 15) is 14.9 Å². The summed E-state index contributed by atoms with van der Waals surface area (Å²) in [6.07, 6.45) is 1.61. The van der Waals surface area contributed by atoms with Crippen LogP contribution in [0.25, 0.3) is 0 Å². The van der Waals surface area contributed by atoms with Crippen LogP contribution in [-0.2, 0) is 0 Å². The van der Waals surface area contributed by atoms with Gasteiger partial charge in [0.2, 0.25) is 0 Å². The lowest BCUT2D eigenvalue weighted by molar-refractivity contribution is -0.385. The third-order valence-corrected chi connectivity index (χ3v) is 2.99. The highest BCUT2D eigenvalue weighted by molar-refractivity contribution is 5.98. The number of aryl methyl sites for hydroxylation is 1. The lowest BCUT2D eigenvalue weighted by Gasteiger charge is -2.14. The minimum absolute atomic E-state index is 0.0533. The average molecular weight is 250 g/mol. The van der Waals surface area contributed by atoms with Crippen LogP contribution in [0.3, 0.4) is 0 Å². The van der Waals surface area contributed by atoms with Crippen LogP contribution in [0.5, 0.6) is 0 Å². The minimum Gasteiger partial charge on any atom is -0.349 e. The molecule has 0 spiro atoms. The second-order valence-corrected chi connectivity index (χ2v) is 4.22. The lowest BCUT2D eigenvalue weighted by atomic mass is 10.1. The Morgan fingerprint density at radius 2 is 2.00 bits per heavy atom. The smallest absolute Gasteiger partial charge is 0.285 e. The van der Waals surface area contributed by atoms with E-state index in [2.05, 4.69) is 5.32 Å². The highest BCUT2D eigenvalue weighted by Crippen LogP contribution is 2.23. The molecule has 1 amide bonds. The van der Waals surface area contributed by atoms with Gasteiger partial charge < -0.3 is 5.32 Å². The van der Waals surface area contributed by atoms with Crippen molar-refractivity contribution in [3.8, 4) is 0 Å². The first-order chi connectivity index (χ1) is 8.51. The molecule has 0 bridgehead atoms. The van der Waals surface area contributed by atoms with Crippen molar-refractivity contribution >= 4 is 11.6 Å². The molecule has 0 atom stereocenters. The molecule has 0 heterocycles. The Hall–Kier alpha value is -1.91. The first-order valence-electron chi connectivity index (χ1n) is 6.06. The van der Waals surface area contributed by atoms with Gasteiger partial charge in [0.25, 0.3) is 11.6 Å². The number of nitro groups is 1. The first kappa shape index (κ1) is 14.2. The Morgan fingerprint density at radius 3 is 2.50 bits per heavy atom. The van der Waals surface area contributed by atoms with Crippen molar-refractivity contribution in [3.05, 3.63) is 39.4 Å². The molecule has 0 aliphatic carbocycles. The summed E-state index contributed by atoms with van der Waals surface area (Å²) < 4.78 is 0. The number of carbonyl (C=O) groups is 1. The Labute approximate surface area is 106 Å². The van der Waals surface area contributed by atoms with Gasteiger partial charge in [-0.1, -0.05) is 26.0 Å². The van der Waals surface area contributed by atoms with Gasteiger partial charge in [-0.2, -0.15) is 0 Å². The Kier molecular flexibility index (Phi) is 4.83. The van der Waals surface area contributed by atoms with Gasteiger partial charge in [-0.3, -0.25) is 14.9 Å². The van der Waals surface area contributed by atoms with Gasteiger partial charge in [-0.25, -0.2) is 0 Å². The minimum atomic E-state index is -0.503.